The second-order valence-electron chi connectivity index (χ2n) is 9.97. The van der Waals surface area contributed by atoms with Crippen LogP contribution in [0, 0.1) is 6.92 Å². The number of benzene rings is 1. The van der Waals surface area contributed by atoms with E-state index < -0.39 is 21.7 Å². The molecule has 1 atom stereocenters. The highest BCUT2D eigenvalue weighted by Gasteiger charge is 2.38. The summed E-state index contributed by atoms with van der Waals surface area (Å²) in [5, 5.41) is 0. The fourth-order valence-electron chi connectivity index (χ4n) is 4.18. The van der Waals surface area contributed by atoms with Crippen LogP contribution in [0.25, 0.3) is 0 Å². The molecule has 0 radical (unpaired) electrons. The fourth-order valence-corrected chi connectivity index (χ4v) is 5.86. The van der Waals surface area contributed by atoms with Crippen molar-refractivity contribution in [3.8, 4) is 0 Å². The topological polar surface area (TPSA) is 79.8 Å². The van der Waals surface area contributed by atoms with Crippen LogP contribution in [-0.4, -0.2) is 42.0 Å². The van der Waals surface area contributed by atoms with Crippen molar-refractivity contribution in [1.82, 2.24) is 9.29 Å². The van der Waals surface area contributed by atoms with Crippen LogP contribution in [-0.2, 0) is 14.8 Å². The van der Waals surface area contributed by atoms with Gasteiger partial charge in [-0.2, -0.15) is 4.31 Å². The Kier molecular flexibility index (Phi) is 6.51. The highest BCUT2D eigenvalue weighted by atomic mass is 32.2. The maximum atomic E-state index is 13.4. The van der Waals surface area contributed by atoms with E-state index >= 15 is 0 Å². The third kappa shape index (κ3) is 5.38. The summed E-state index contributed by atoms with van der Waals surface area (Å²) in [4.78, 5) is 19.3. The Bertz CT molecular complexity index is 1090. The van der Waals surface area contributed by atoms with Gasteiger partial charge >= 0.3 is 6.09 Å². The maximum absolute atomic E-state index is 13.4. The van der Waals surface area contributed by atoms with Gasteiger partial charge in [-0.25, -0.2) is 18.2 Å². The monoisotopic (exact) mass is 471 g/mol. The smallest absolute Gasteiger partial charge is 0.416 e. The largest absolute Gasteiger partial charge is 0.443 e. The lowest BCUT2D eigenvalue weighted by Gasteiger charge is -2.35. The van der Waals surface area contributed by atoms with Crippen molar-refractivity contribution in [3.05, 3.63) is 53.7 Å². The highest BCUT2D eigenvalue weighted by molar-refractivity contribution is 7.89. The lowest BCUT2D eigenvalue weighted by Crippen LogP contribution is -2.39. The molecule has 8 heteroatoms. The summed E-state index contributed by atoms with van der Waals surface area (Å²) in [6.45, 7) is 7.96. The molecule has 0 bridgehead atoms. The van der Waals surface area contributed by atoms with Gasteiger partial charge in [0.1, 0.15) is 11.4 Å². The minimum Gasteiger partial charge on any atom is -0.443 e. The number of aryl methyl sites for hydroxylation is 1. The molecular weight excluding hydrogens is 438 g/mol. The summed E-state index contributed by atoms with van der Waals surface area (Å²) in [5.41, 5.74) is 1.28. The molecule has 1 amide bonds. The van der Waals surface area contributed by atoms with Gasteiger partial charge in [-0.15, -0.1) is 0 Å². The molecule has 1 saturated carbocycles. The van der Waals surface area contributed by atoms with E-state index in [1.807, 2.05) is 52.0 Å². The Morgan fingerprint density at radius 2 is 1.76 bits per heavy atom. The Morgan fingerprint density at radius 1 is 1.06 bits per heavy atom. The first-order valence-electron chi connectivity index (χ1n) is 11.6. The number of pyridine rings is 1. The number of rotatable bonds is 5. The number of amides is 1. The first-order chi connectivity index (χ1) is 15.6. The fraction of sp³-hybridized carbons (Fsp3) is 0.520. The number of ether oxygens (including phenoxy) is 1. The summed E-state index contributed by atoms with van der Waals surface area (Å²) in [7, 11) is -3.62. The molecule has 0 unspecified atom stereocenters. The number of sulfonamides is 1. The molecule has 2 fully saturated rings. The van der Waals surface area contributed by atoms with Gasteiger partial charge in [-0.1, -0.05) is 30.2 Å². The first-order valence-corrected chi connectivity index (χ1v) is 13.1. The van der Waals surface area contributed by atoms with Crippen LogP contribution in [0.2, 0.25) is 0 Å². The molecule has 33 heavy (non-hydrogen) atoms. The summed E-state index contributed by atoms with van der Waals surface area (Å²) in [5.74, 6) is 0.541. The quantitative estimate of drug-likeness (QED) is 0.598. The van der Waals surface area contributed by atoms with E-state index in [0.717, 1.165) is 43.2 Å². The molecular formula is C25H33N3O4S. The van der Waals surface area contributed by atoms with Crippen LogP contribution < -0.4 is 4.90 Å². The third-order valence-electron chi connectivity index (χ3n) is 5.99. The Hall–Kier alpha value is -2.45. The van der Waals surface area contributed by atoms with Crippen molar-refractivity contribution in [3.63, 3.8) is 0 Å². The van der Waals surface area contributed by atoms with Crippen LogP contribution in [0.4, 0.5) is 10.6 Å². The van der Waals surface area contributed by atoms with Crippen LogP contribution in [0.15, 0.2) is 47.5 Å². The van der Waals surface area contributed by atoms with Crippen molar-refractivity contribution < 1.29 is 17.9 Å². The first kappa shape index (κ1) is 23.7. The van der Waals surface area contributed by atoms with Crippen LogP contribution in [0.3, 0.4) is 0 Å². The molecule has 2 heterocycles. The summed E-state index contributed by atoms with van der Waals surface area (Å²) >= 11 is 0. The minimum absolute atomic E-state index is 0.103. The number of anilines is 1. The van der Waals surface area contributed by atoms with E-state index in [1.165, 1.54) is 0 Å². The van der Waals surface area contributed by atoms with Crippen LogP contribution in [0.5, 0.6) is 0 Å². The maximum Gasteiger partial charge on any atom is 0.416 e. The molecule has 1 aromatic heterocycles. The molecule has 0 N–H and O–H groups in total. The highest BCUT2D eigenvalue weighted by Crippen LogP contribution is 2.37. The lowest BCUT2D eigenvalue weighted by atomic mass is 9.99. The molecule has 1 aliphatic carbocycles. The van der Waals surface area contributed by atoms with E-state index in [2.05, 4.69) is 4.98 Å². The number of aromatic nitrogens is 1. The molecule has 2 aliphatic rings. The summed E-state index contributed by atoms with van der Waals surface area (Å²) in [6.07, 6.45) is 5.70. The minimum atomic E-state index is -3.62. The third-order valence-corrected chi connectivity index (χ3v) is 7.91. The second kappa shape index (κ2) is 9.06. The van der Waals surface area contributed by atoms with Crippen molar-refractivity contribution in [2.24, 2.45) is 0 Å². The van der Waals surface area contributed by atoms with Gasteiger partial charge in [0.05, 0.1) is 10.9 Å². The zero-order chi connectivity index (χ0) is 23.8. The second-order valence-corrected chi connectivity index (χ2v) is 11.9. The van der Waals surface area contributed by atoms with Crippen molar-refractivity contribution in [2.75, 3.05) is 11.4 Å². The number of nitrogens with zero attached hydrogens (tertiary/aromatic N) is 3. The number of piperidine rings is 1. The Balaban J connectivity index is 1.59. The number of hydrogen-bond acceptors (Lipinski definition) is 5. The average molecular weight is 472 g/mol. The van der Waals surface area contributed by atoms with Gasteiger partial charge < -0.3 is 4.74 Å². The van der Waals surface area contributed by atoms with Crippen molar-refractivity contribution in [1.29, 1.82) is 0 Å². The Morgan fingerprint density at radius 3 is 2.33 bits per heavy atom. The van der Waals surface area contributed by atoms with E-state index in [9.17, 15) is 13.2 Å². The van der Waals surface area contributed by atoms with Gasteiger partial charge in [-0.3, -0.25) is 4.90 Å². The average Bonchev–Trinajstić information content (AvgIpc) is 3.58. The van der Waals surface area contributed by atoms with Crippen molar-refractivity contribution >= 4 is 21.9 Å². The molecule has 1 aromatic carbocycles. The van der Waals surface area contributed by atoms with Crippen molar-refractivity contribution in [2.45, 2.75) is 82.4 Å². The van der Waals surface area contributed by atoms with Gasteiger partial charge in [0.25, 0.3) is 0 Å². The molecule has 7 nitrogen and oxygen atoms in total. The standard InChI is InChI=1S/C25H33N3O4S/c1-18-8-13-21(14-9-18)33(30,31)27-16-6-5-7-22(27)19-10-15-23(26-17-19)28(20-11-12-20)24(29)32-25(2,3)4/h8-10,13-15,17,20,22H,5-7,11-12,16H2,1-4H3/t22-/m0/s1. The van der Waals surface area contributed by atoms with E-state index in [1.54, 1.807) is 27.5 Å². The predicted octanol–water partition coefficient (Wildman–Crippen LogP) is 5.21. The number of hydrogen-bond donors (Lipinski definition) is 0. The molecule has 1 aliphatic heterocycles. The number of carbonyl (C=O) groups is 1. The van der Waals surface area contributed by atoms with E-state index in [-0.39, 0.29) is 12.1 Å². The molecule has 4 rings (SSSR count). The molecule has 2 aromatic rings. The van der Waals surface area contributed by atoms with Crippen LogP contribution in [0.1, 0.15) is 70.0 Å². The molecule has 1 saturated heterocycles. The predicted molar refractivity (Wildman–Crippen MR) is 128 cm³/mol. The molecule has 178 valence electrons. The van der Waals surface area contributed by atoms with E-state index in [4.69, 9.17) is 4.74 Å². The van der Waals surface area contributed by atoms with Gasteiger partial charge in [-0.05, 0) is 77.1 Å². The van der Waals surface area contributed by atoms with Crippen LogP contribution >= 0.6 is 0 Å². The normalized spacial score (nSPS) is 19.8. The zero-order valence-electron chi connectivity index (χ0n) is 19.8. The summed E-state index contributed by atoms with van der Waals surface area (Å²) in [6, 6.07) is 10.5. The molecule has 0 spiro atoms. The number of carbonyl (C=O) groups excluding carboxylic acids is 1. The van der Waals surface area contributed by atoms with Gasteiger partial charge in [0.15, 0.2) is 0 Å². The summed E-state index contributed by atoms with van der Waals surface area (Å²) < 4.78 is 34.0. The van der Waals surface area contributed by atoms with E-state index in [0.29, 0.717) is 17.3 Å². The van der Waals surface area contributed by atoms with Gasteiger partial charge in [0.2, 0.25) is 10.0 Å². The SMILES string of the molecule is Cc1ccc(S(=O)(=O)N2CCCC[C@H]2c2ccc(N(C(=O)OC(C)(C)C)C3CC3)nc2)cc1. The zero-order valence-corrected chi connectivity index (χ0v) is 20.6. The van der Waals surface area contributed by atoms with Gasteiger partial charge in [0, 0.05) is 18.8 Å². The lowest BCUT2D eigenvalue weighted by molar-refractivity contribution is 0.0576. The Labute approximate surface area is 196 Å².